The minimum atomic E-state index is -0.527. The molecule has 1 rings (SSSR count). The maximum atomic E-state index is 10.0. The van der Waals surface area contributed by atoms with Gasteiger partial charge in [0.2, 0.25) is 0 Å². The minimum Gasteiger partial charge on any atom is -0.472 e. The lowest BCUT2D eigenvalue weighted by molar-refractivity contribution is 0.0160. The molecule has 3 nitrogen and oxygen atoms in total. The fourth-order valence-corrected chi connectivity index (χ4v) is 1.08. The number of likely N-dealkylation sites (N-methyl/N-ethyl adjacent to an activating group) is 1. The topological polar surface area (TPSA) is 36.6 Å². The van der Waals surface area contributed by atoms with Crippen molar-refractivity contribution in [2.24, 2.45) is 0 Å². The van der Waals surface area contributed by atoms with Gasteiger partial charge in [-0.25, -0.2) is 0 Å². The van der Waals surface area contributed by atoms with E-state index in [4.69, 9.17) is 4.42 Å². The molecule has 1 aromatic rings. The summed E-state index contributed by atoms with van der Waals surface area (Å²) in [6, 6.07) is 1.79. The maximum Gasteiger partial charge on any atom is 0.0998 e. The predicted octanol–water partition coefficient (Wildman–Crippen LogP) is 1.65. The molecule has 1 atom stereocenters. The average Bonchev–Trinajstić information content (AvgIpc) is 2.54. The Bertz CT molecular complexity index is 252. The zero-order chi connectivity index (χ0) is 10.1. The van der Waals surface area contributed by atoms with Crippen LogP contribution >= 0.6 is 0 Å². The van der Waals surface area contributed by atoms with Crippen LogP contribution in [0.3, 0.4) is 0 Å². The molecule has 74 valence electrons. The van der Waals surface area contributed by atoms with Gasteiger partial charge >= 0.3 is 0 Å². The molecular formula is C10H17NO2. The Kier molecular flexibility index (Phi) is 2.78. The number of hydrogen-bond acceptors (Lipinski definition) is 3. The third-order valence-corrected chi connectivity index (χ3v) is 2.68. The fraction of sp³-hybridized carbons (Fsp3) is 0.600. The van der Waals surface area contributed by atoms with E-state index in [2.05, 4.69) is 0 Å². The first-order chi connectivity index (χ1) is 5.96. The molecule has 0 aromatic carbocycles. The van der Waals surface area contributed by atoms with Crippen molar-refractivity contribution in [3.05, 3.63) is 24.2 Å². The van der Waals surface area contributed by atoms with E-state index < -0.39 is 6.10 Å². The summed E-state index contributed by atoms with van der Waals surface area (Å²) in [7, 11) is 3.90. The van der Waals surface area contributed by atoms with E-state index in [-0.39, 0.29) is 5.54 Å². The molecule has 13 heavy (non-hydrogen) atoms. The standard InChI is InChI=1S/C10H17NO2/c1-10(2,11(3)4)9(12)8-5-6-13-7-8/h5-7,9,12H,1-4H3. The van der Waals surface area contributed by atoms with Crippen LogP contribution in [-0.2, 0) is 0 Å². The Balaban J connectivity index is 2.84. The monoisotopic (exact) mass is 183 g/mol. The molecule has 1 unspecified atom stereocenters. The lowest BCUT2D eigenvalue weighted by Crippen LogP contribution is -2.43. The summed E-state index contributed by atoms with van der Waals surface area (Å²) >= 11 is 0. The summed E-state index contributed by atoms with van der Waals surface area (Å²) in [5.41, 5.74) is 0.530. The summed E-state index contributed by atoms with van der Waals surface area (Å²) in [6.07, 6.45) is 2.63. The lowest BCUT2D eigenvalue weighted by Gasteiger charge is -2.36. The summed E-state index contributed by atoms with van der Waals surface area (Å²) in [5.74, 6) is 0. The molecule has 3 heteroatoms. The van der Waals surface area contributed by atoms with E-state index in [0.29, 0.717) is 0 Å². The van der Waals surface area contributed by atoms with Gasteiger partial charge in [0.25, 0.3) is 0 Å². The molecule has 1 aromatic heterocycles. The summed E-state index contributed by atoms with van der Waals surface area (Å²) in [6.45, 7) is 3.98. The molecule has 0 aliphatic heterocycles. The van der Waals surface area contributed by atoms with Gasteiger partial charge in [-0.1, -0.05) is 0 Å². The molecule has 1 N–H and O–H groups in total. The van der Waals surface area contributed by atoms with Crippen LogP contribution < -0.4 is 0 Å². The molecule has 0 saturated carbocycles. The van der Waals surface area contributed by atoms with Crippen LogP contribution in [0, 0.1) is 0 Å². The van der Waals surface area contributed by atoms with Crippen LogP contribution in [0.15, 0.2) is 23.0 Å². The minimum absolute atomic E-state index is 0.288. The smallest absolute Gasteiger partial charge is 0.0998 e. The van der Waals surface area contributed by atoms with Gasteiger partial charge in [-0.05, 0) is 34.0 Å². The van der Waals surface area contributed by atoms with Crippen molar-refractivity contribution in [1.82, 2.24) is 4.90 Å². The fourth-order valence-electron chi connectivity index (χ4n) is 1.08. The molecule has 1 heterocycles. The van der Waals surface area contributed by atoms with Gasteiger partial charge in [0, 0.05) is 11.1 Å². The quantitative estimate of drug-likeness (QED) is 0.774. The molecular weight excluding hydrogens is 166 g/mol. The van der Waals surface area contributed by atoms with Crippen LogP contribution in [0.2, 0.25) is 0 Å². The van der Waals surface area contributed by atoms with Crippen LogP contribution in [-0.4, -0.2) is 29.6 Å². The van der Waals surface area contributed by atoms with E-state index in [1.165, 1.54) is 0 Å². The van der Waals surface area contributed by atoms with E-state index >= 15 is 0 Å². The van der Waals surface area contributed by atoms with Gasteiger partial charge in [0.05, 0.1) is 18.6 Å². The molecule has 0 aliphatic carbocycles. The van der Waals surface area contributed by atoms with Gasteiger partial charge in [0.1, 0.15) is 0 Å². The van der Waals surface area contributed by atoms with Crippen molar-refractivity contribution < 1.29 is 9.52 Å². The normalized spacial score (nSPS) is 14.9. The maximum absolute atomic E-state index is 10.0. The summed E-state index contributed by atoms with van der Waals surface area (Å²) in [4.78, 5) is 1.99. The molecule has 0 bridgehead atoms. The first kappa shape index (κ1) is 10.3. The Morgan fingerprint density at radius 2 is 2.08 bits per heavy atom. The Labute approximate surface area is 79.0 Å². The zero-order valence-corrected chi connectivity index (χ0v) is 8.61. The highest BCUT2D eigenvalue weighted by molar-refractivity contribution is 5.14. The number of aliphatic hydroxyl groups is 1. The third kappa shape index (κ3) is 1.92. The largest absolute Gasteiger partial charge is 0.472 e. The molecule has 0 radical (unpaired) electrons. The van der Waals surface area contributed by atoms with Crippen molar-refractivity contribution in [2.45, 2.75) is 25.5 Å². The van der Waals surface area contributed by atoms with E-state index in [0.717, 1.165) is 5.56 Å². The molecule has 0 amide bonds. The molecule has 0 fully saturated rings. The van der Waals surface area contributed by atoms with Gasteiger partial charge in [-0.3, -0.25) is 0 Å². The van der Waals surface area contributed by atoms with Gasteiger partial charge in [-0.2, -0.15) is 0 Å². The molecule has 0 saturated heterocycles. The number of furan rings is 1. The summed E-state index contributed by atoms with van der Waals surface area (Å²) < 4.78 is 4.93. The Morgan fingerprint density at radius 3 is 2.46 bits per heavy atom. The highest BCUT2D eigenvalue weighted by Crippen LogP contribution is 2.29. The van der Waals surface area contributed by atoms with Crippen molar-refractivity contribution in [2.75, 3.05) is 14.1 Å². The predicted molar refractivity (Wildman–Crippen MR) is 51.4 cm³/mol. The second-order valence-electron chi connectivity index (χ2n) is 4.01. The van der Waals surface area contributed by atoms with Gasteiger partial charge in [0.15, 0.2) is 0 Å². The van der Waals surface area contributed by atoms with Gasteiger partial charge in [-0.15, -0.1) is 0 Å². The second kappa shape index (κ2) is 3.52. The van der Waals surface area contributed by atoms with E-state index in [1.807, 2.05) is 32.8 Å². The van der Waals surface area contributed by atoms with Crippen molar-refractivity contribution in [3.8, 4) is 0 Å². The van der Waals surface area contributed by atoms with Crippen molar-refractivity contribution >= 4 is 0 Å². The van der Waals surface area contributed by atoms with E-state index in [1.54, 1.807) is 18.6 Å². The second-order valence-corrected chi connectivity index (χ2v) is 4.01. The third-order valence-electron chi connectivity index (χ3n) is 2.68. The van der Waals surface area contributed by atoms with Gasteiger partial charge < -0.3 is 14.4 Å². The Hall–Kier alpha value is -0.800. The van der Waals surface area contributed by atoms with Crippen LogP contribution in [0.5, 0.6) is 0 Å². The van der Waals surface area contributed by atoms with Crippen molar-refractivity contribution in [3.63, 3.8) is 0 Å². The molecule has 0 spiro atoms. The highest BCUT2D eigenvalue weighted by atomic mass is 16.3. The number of rotatable bonds is 3. The first-order valence-corrected chi connectivity index (χ1v) is 4.34. The highest BCUT2D eigenvalue weighted by Gasteiger charge is 2.31. The Morgan fingerprint density at radius 1 is 1.46 bits per heavy atom. The SMILES string of the molecule is CN(C)C(C)(C)C(O)c1ccoc1. The van der Waals surface area contributed by atoms with Crippen LogP contribution in [0.25, 0.3) is 0 Å². The van der Waals surface area contributed by atoms with E-state index in [9.17, 15) is 5.11 Å². The number of nitrogens with zero attached hydrogens (tertiary/aromatic N) is 1. The molecule has 0 aliphatic rings. The average molecular weight is 183 g/mol. The number of aliphatic hydroxyl groups excluding tert-OH is 1. The van der Waals surface area contributed by atoms with Crippen LogP contribution in [0.1, 0.15) is 25.5 Å². The summed E-state index contributed by atoms with van der Waals surface area (Å²) in [5, 5.41) is 10.0. The van der Waals surface area contributed by atoms with Crippen molar-refractivity contribution in [1.29, 1.82) is 0 Å². The number of hydrogen-bond donors (Lipinski definition) is 1. The lowest BCUT2D eigenvalue weighted by atomic mass is 9.92. The zero-order valence-electron chi connectivity index (χ0n) is 8.61. The first-order valence-electron chi connectivity index (χ1n) is 4.34. The van der Waals surface area contributed by atoms with Crippen LogP contribution in [0.4, 0.5) is 0 Å².